The fourth-order valence-electron chi connectivity index (χ4n) is 2.03. The molecule has 0 fully saturated rings. The molecule has 0 radical (unpaired) electrons. The first kappa shape index (κ1) is 14.9. The van der Waals surface area contributed by atoms with Gasteiger partial charge in [-0.15, -0.1) is 0 Å². The number of aryl methyl sites for hydroxylation is 1. The molecular formula is C16H18BrNO2. The Bertz CT molecular complexity index is 586. The molecule has 2 rings (SSSR count). The van der Waals surface area contributed by atoms with Crippen molar-refractivity contribution in [1.29, 1.82) is 0 Å². The zero-order valence-electron chi connectivity index (χ0n) is 11.6. The molecule has 0 aliphatic rings. The van der Waals surface area contributed by atoms with Crippen LogP contribution in [0, 0.1) is 6.92 Å². The molecule has 2 aromatic carbocycles. The van der Waals surface area contributed by atoms with E-state index in [4.69, 9.17) is 15.2 Å². The van der Waals surface area contributed by atoms with Gasteiger partial charge in [-0.25, -0.2) is 0 Å². The molecule has 0 saturated carbocycles. The first-order valence-electron chi connectivity index (χ1n) is 6.41. The summed E-state index contributed by atoms with van der Waals surface area (Å²) in [5.74, 6) is 1.59. The van der Waals surface area contributed by atoms with Gasteiger partial charge in [0, 0.05) is 16.6 Å². The van der Waals surface area contributed by atoms with E-state index in [1.807, 2.05) is 49.4 Å². The number of rotatable bonds is 5. The fraction of sp³-hybridized carbons (Fsp3) is 0.250. The van der Waals surface area contributed by atoms with Crippen molar-refractivity contribution in [1.82, 2.24) is 0 Å². The molecular weight excluding hydrogens is 318 g/mol. The predicted molar refractivity (Wildman–Crippen MR) is 84.3 cm³/mol. The maximum atomic E-state index is 6.00. The van der Waals surface area contributed by atoms with Gasteiger partial charge >= 0.3 is 0 Å². The van der Waals surface area contributed by atoms with Gasteiger partial charge in [0.1, 0.15) is 17.6 Å². The molecule has 0 aromatic heterocycles. The second-order valence-electron chi connectivity index (χ2n) is 4.50. The topological polar surface area (TPSA) is 44.5 Å². The average Bonchev–Trinajstić information content (AvgIpc) is 2.48. The standard InChI is InChI=1S/C16H18BrNO2/c1-11-9-12(7-8-14(11)17)20-16(10-18)13-5-3-4-6-15(13)19-2/h3-9,16H,10,18H2,1-2H3. The Balaban J connectivity index is 2.26. The fourth-order valence-corrected chi connectivity index (χ4v) is 2.27. The summed E-state index contributed by atoms with van der Waals surface area (Å²) in [6, 6.07) is 13.7. The van der Waals surface area contributed by atoms with Gasteiger partial charge < -0.3 is 15.2 Å². The van der Waals surface area contributed by atoms with E-state index >= 15 is 0 Å². The molecule has 0 bridgehead atoms. The number of ether oxygens (including phenoxy) is 2. The molecule has 1 unspecified atom stereocenters. The molecule has 106 valence electrons. The van der Waals surface area contributed by atoms with Crippen molar-refractivity contribution < 1.29 is 9.47 Å². The maximum absolute atomic E-state index is 6.00. The van der Waals surface area contributed by atoms with Crippen LogP contribution in [-0.4, -0.2) is 13.7 Å². The summed E-state index contributed by atoms with van der Waals surface area (Å²) in [4.78, 5) is 0. The van der Waals surface area contributed by atoms with Gasteiger partial charge in [-0.1, -0.05) is 34.1 Å². The minimum absolute atomic E-state index is 0.230. The van der Waals surface area contributed by atoms with Crippen LogP contribution in [0.2, 0.25) is 0 Å². The van der Waals surface area contributed by atoms with Crippen molar-refractivity contribution >= 4 is 15.9 Å². The van der Waals surface area contributed by atoms with E-state index in [9.17, 15) is 0 Å². The molecule has 0 heterocycles. The third-order valence-corrected chi connectivity index (χ3v) is 4.00. The lowest BCUT2D eigenvalue weighted by atomic mass is 10.1. The number of hydrogen-bond acceptors (Lipinski definition) is 3. The van der Waals surface area contributed by atoms with Gasteiger partial charge in [0.2, 0.25) is 0 Å². The highest BCUT2D eigenvalue weighted by Gasteiger charge is 2.16. The zero-order valence-corrected chi connectivity index (χ0v) is 13.2. The minimum Gasteiger partial charge on any atom is -0.496 e. The van der Waals surface area contributed by atoms with Crippen molar-refractivity contribution in [2.75, 3.05) is 13.7 Å². The number of hydrogen-bond donors (Lipinski definition) is 1. The Hall–Kier alpha value is -1.52. The number of methoxy groups -OCH3 is 1. The number of benzene rings is 2. The Morgan fingerprint density at radius 3 is 2.60 bits per heavy atom. The summed E-state index contributed by atoms with van der Waals surface area (Å²) in [6.07, 6.45) is -0.230. The van der Waals surface area contributed by atoms with E-state index < -0.39 is 0 Å². The van der Waals surface area contributed by atoms with Crippen molar-refractivity contribution in [2.45, 2.75) is 13.0 Å². The van der Waals surface area contributed by atoms with Crippen LogP contribution in [0.15, 0.2) is 46.9 Å². The van der Waals surface area contributed by atoms with E-state index in [0.717, 1.165) is 27.1 Å². The van der Waals surface area contributed by atoms with Crippen molar-refractivity contribution in [2.24, 2.45) is 5.73 Å². The summed E-state index contributed by atoms with van der Waals surface area (Å²) < 4.78 is 12.4. The van der Waals surface area contributed by atoms with Gasteiger partial charge in [-0.2, -0.15) is 0 Å². The number of para-hydroxylation sites is 1. The van der Waals surface area contributed by atoms with Gasteiger partial charge in [0.25, 0.3) is 0 Å². The molecule has 20 heavy (non-hydrogen) atoms. The summed E-state index contributed by atoms with van der Waals surface area (Å²) in [5.41, 5.74) is 7.93. The highest BCUT2D eigenvalue weighted by atomic mass is 79.9. The van der Waals surface area contributed by atoms with Gasteiger partial charge in [0.05, 0.1) is 7.11 Å². The van der Waals surface area contributed by atoms with Crippen LogP contribution < -0.4 is 15.2 Å². The van der Waals surface area contributed by atoms with Crippen LogP contribution >= 0.6 is 15.9 Å². The van der Waals surface area contributed by atoms with Crippen LogP contribution in [0.1, 0.15) is 17.2 Å². The van der Waals surface area contributed by atoms with E-state index in [1.165, 1.54) is 0 Å². The summed E-state index contributed by atoms with van der Waals surface area (Å²) in [7, 11) is 1.65. The minimum atomic E-state index is -0.230. The molecule has 4 heteroatoms. The lowest BCUT2D eigenvalue weighted by Crippen LogP contribution is -2.19. The molecule has 0 amide bonds. The van der Waals surface area contributed by atoms with Gasteiger partial charge in [0.15, 0.2) is 0 Å². The largest absolute Gasteiger partial charge is 0.496 e. The summed E-state index contributed by atoms with van der Waals surface area (Å²) in [6.45, 7) is 2.41. The van der Waals surface area contributed by atoms with Crippen LogP contribution in [-0.2, 0) is 0 Å². The predicted octanol–water partition coefficient (Wildman–Crippen LogP) is 3.84. The lowest BCUT2D eigenvalue weighted by molar-refractivity contribution is 0.209. The van der Waals surface area contributed by atoms with Crippen LogP contribution in [0.3, 0.4) is 0 Å². The quantitative estimate of drug-likeness (QED) is 0.902. The third kappa shape index (κ3) is 3.32. The second kappa shape index (κ2) is 6.77. The average molecular weight is 336 g/mol. The number of nitrogens with two attached hydrogens (primary N) is 1. The Kier molecular flexibility index (Phi) is 5.04. The SMILES string of the molecule is COc1ccccc1C(CN)Oc1ccc(Br)c(C)c1. The molecule has 0 spiro atoms. The van der Waals surface area contributed by atoms with Gasteiger partial charge in [-0.05, 0) is 36.8 Å². The molecule has 0 aliphatic carbocycles. The highest BCUT2D eigenvalue weighted by Crippen LogP contribution is 2.30. The monoisotopic (exact) mass is 335 g/mol. The third-order valence-electron chi connectivity index (χ3n) is 3.11. The van der Waals surface area contributed by atoms with E-state index in [0.29, 0.717) is 6.54 Å². The Labute approximate surface area is 127 Å². The maximum Gasteiger partial charge on any atom is 0.139 e. The highest BCUT2D eigenvalue weighted by molar-refractivity contribution is 9.10. The smallest absolute Gasteiger partial charge is 0.139 e. The first-order chi connectivity index (χ1) is 9.65. The Morgan fingerprint density at radius 2 is 1.95 bits per heavy atom. The lowest BCUT2D eigenvalue weighted by Gasteiger charge is -2.20. The molecule has 3 nitrogen and oxygen atoms in total. The zero-order chi connectivity index (χ0) is 14.5. The van der Waals surface area contributed by atoms with E-state index in [1.54, 1.807) is 7.11 Å². The van der Waals surface area contributed by atoms with E-state index in [-0.39, 0.29) is 6.10 Å². The van der Waals surface area contributed by atoms with Crippen molar-refractivity contribution in [3.05, 3.63) is 58.1 Å². The van der Waals surface area contributed by atoms with Crippen LogP contribution in [0.25, 0.3) is 0 Å². The molecule has 0 saturated heterocycles. The second-order valence-corrected chi connectivity index (χ2v) is 5.35. The summed E-state index contributed by atoms with van der Waals surface area (Å²) in [5, 5.41) is 0. The molecule has 2 N–H and O–H groups in total. The molecule has 2 aromatic rings. The molecule has 0 aliphatic heterocycles. The van der Waals surface area contributed by atoms with Crippen molar-refractivity contribution in [3.63, 3.8) is 0 Å². The normalized spacial score (nSPS) is 12.0. The summed E-state index contributed by atoms with van der Waals surface area (Å²) >= 11 is 3.48. The van der Waals surface area contributed by atoms with Gasteiger partial charge in [-0.3, -0.25) is 0 Å². The van der Waals surface area contributed by atoms with E-state index in [2.05, 4.69) is 15.9 Å². The Morgan fingerprint density at radius 1 is 1.20 bits per heavy atom. The molecule has 1 atom stereocenters. The first-order valence-corrected chi connectivity index (χ1v) is 7.20. The van der Waals surface area contributed by atoms with Crippen LogP contribution in [0.4, 0.5) is 0 Å². The van der Waals surface area contributed by atoms with Crippen LogP contribution in [0.5, 0.6) is 11.5 Å². The number of halogens is 1. The van der Waals surface area contributed by atoms with Crippen molar-refractivity contribution in [3.8, 4) is 11.5 Å².